The van der Waals surface area contributed by atoms with Gasteiger partial charge in [0.15, 0.2) is 0 Å². The fourth-order valence-corrected chi connectivity index (χ4v) is 2.33. The normalized spacial score (nSPS) is 10.1. The first kappa shape index (κ1) is 20.7. The van der Waals surface area contributed by atoms with Crippen LogP contribution in [-0.4, -0.2) is 19.5 Å². The standard InChI is InChI=1S/C13H16N2.C6H10N2.C2H6/c1-11(2)13-14-8-9-15(13)10-12-6-4-3-5-7-12;1-5(2)6-7-3-4-8-6;1-2/h3-9,11H,10H2,1-2H3;3-5H,1-2H3,(H,7,8);1-2H3. The van der Waals surface area contributed by atoms with Crippen LogP contribution in [0.3, 0.4) is 0 Å². The highest BCUT2D eigenvalue weighted by molar-refractivity contribution is 5.16. The van der Waals surface area contributed by atoms with E-state index in [2.05, 4.69) is 71.5 Å². The Bertz CT molecular complexity index is 667. The number of aromatic amines is 1. The topological polar surface area (TPSA) is 46.5 Å². The molecule has 0 unspecified atom stereocenters. The van der Waals surface area contributed by atoms with E-state index in [1.807, 2.05) is 38.5 Å². The van der Waals surface area contributed by atoms with Crippen LogP contribution < -0.4 is 0 Å². The molecular formula is C21H32N4. The van der Waals surface area contributed by atoms with E-state index in [1.54, 1.807) is 6.20 Å². The molecule has 2 heterocycles. The van der Waals surface area contributed by atoms with Gasteiger partial charge in [0.2, 0.25) is 0 Å². The molecule has 0 radical (unpaired) electrons. The predicted octanol–water partition coefficient (Wildman–Crippen LogP) is 5.61. The summed E-state index contributed by atoms with van der Waals surface area (Å²) in [5.41, 5.74) is 1.32. The molecule has 3 aromatic rings. The van der Waals surface area contributed by atoms with Crippen molar-refractivity contribution in [2.45, 2.75) is 59.9 Å². The molecule has 1 aromatic carbocycles. The van der Waals surface area contributed by atoms with Crippen molar-refractivity contribution < 1.29 is 0 Å². The average molecular weight is 341 g/mol. The highest BCUT2D eigenvalue weighted by atomic mass is 15.1. The summed E-state index contributed by atoms with van der Waals surface area (Å²) in [6.45, 7) is 13.5. The van der Waals surface area contributed by atoms with Crippen LogP contribution in [0.5, 0.6) is 0 Å². The van der Waals surface area contributed by atoms with E-state index < -0.39 is 0 Å². The van der Waals surface area contributed by atoms with Crippen molar-refractivity contribution in [3.05, 3.63) is 72.3 Å². The highest BCUT2D eigenvalue weighted by Crippen LogP contribution is 2.13. The molecule has 0 fully saturated rings. The lowest BCUT2D eigenvalue weighted by molar-refractivity contribution is 0.670. The van der Waals surface area contributed by atoms with Gasteiger partial charge in [-0.2, -0.15) is 0 Å². The first-order valence-corrected chi connectivity index (χ1v) is 9.12. The summed E-state index contributed by atoms with van der Waals surface area (Å²) < 4.78 is 2.21. The van der Waals surface area contributed by atoms with E-state index >= 15 is 0 Å². The minimum atomic E-state index is 0.476. The summed E-state index contributed by atoms with van der Waals surface area (Å²) in [4.78, 5) is 11.5. The highest BCUT2D eigenvalue weighted by Gasteiger charge is 2.06. The Kier molecular flexibility index (Phi) is 9.30. The summed E-state index contributed by atoms with van der Waals surface area (Å²) in [6.07, 6.45) is 7.53. The third kappa shape index (κ3) is 6.96. The molecule has 0 amide bonds. The van der Waals surface area contributed by atoms with Crippen molar-refractivity contribution in [1.29, 1.82) is 0 Å². The van der Waals surface area contributed by atoms with E-state index in [0.29, 0.717) is 11.8 Å². The molecule has 136 valence electrons. The van der Waals surface area contributed by atoms with Crippen LogP contribution in [0.25, 0.3) is 0 Å². The number of hydrogen-bond donors (Lipinski definition) is 1. The minimum Gasteiger partial charge on any atom is -0.348 e. The van der Waals surface area contributed by atoms with Gasteiger partial charge in [-0.25, -0.2) is 9.97 Å². The number of imidazole rings is 2. The Hall–Kier alpha value is -2.36. The lowest BCUT2D eigenvalue weighted by Gasteiger charge is -2.10. The van der Waals surface area contributed by atoms with Crippen molar-refractivity contribution in [2.75, 3.05) is 0 Å². The second-order valence-electron chi connectivity index (χ2n) is 6.18. The lowest BCUT2D eigenvalue weighted by Crippen LogP contribution is -2.05. The maximum atomic E-state index is 4.37. The third-order valence-electron chi connectivity index (χ3n) is 3.53. The van der Waals surface area contributed by atoms with Crippen LogP contribution in [0, 0.1) is 0 Å². The molecule has 0 atom stereocenters. The number of H-pyrrole nitrogens is 1. The predicted molar refractivity (Wildman–Crippen MR) is 106 cm³/mol. The van der Waals surface area contributed by atoms with Gasteiger partial charge in [0.25, 0.3) is 0 Å². The summed E-state index contributed by atoms with van der Waals surface area (Å²) in [5, 5.41) is 0. The lowest BCUT2D eigenvalue weighted by atomic mass is 10.2. The Balaban J connectivity index is 0.000000264. The molecule has 4 heteroatoms. The first-order valence-electron chi connectivity index (χ1n) is 9.12. The number of nitrogens with zero attached hydrogens (tertiary/aromatic N) is 3. The van der Waals surface area contributed by atoms with Gasteiger partial charge < -0.3 is 9.55 Å². The monoisotopic (exact) mass is 340 g/mol. The number of aromatic nitrogens is 4. The Morgan fingerprint density at radius 2 is 1.60 bits per heavy atom. The fraction of sp³-hybridized carbons (Fsp3) is 0.429. The van der Waals surface area contributed by atoms with Crippen LogP contribution in [0.15, 0.2) is 55.1 Å². The number of nitrogens with one attached hydrogen (secondary N) is 1. The zero-order valence-electron chi connectivity index (χ0n) is 16.4. The molecular weight excluding hydrogens is 308 g/mol. The summed E-state index contributed by atoms with van der Waals surface area (Å²) in [5.74, 6) is 3.21. The molecule has 0 aliphatic rings. The van der Waals surface area contributed by atoms with E-state index in [4.69, 9.17) is 0 Å². The molecule has 0 saturated carbocycles. The van der Waals surface area contributed by atoms with Gasteiger partial charge in [0.05, 0.1) is 0 Å². The maximum absolute atomic E-state index is 4.37. The molecule has 0 saturated heterocycles. The largest absolute Gasteiger partial charge is 0.348 e. The summed E-state index contributed by atoms with van der Waals surface area (Å²) >= 11 is 0. The van der Waals surface area contributed by atoms with Crippen LogP contribution in [0.4, 0.5) is 0 Å². The van der Waals surface area contributed by atoms with E-state index in [0.717, 1.165) is 18.2 Å². The second-order valence-corrected chi connectivity index (χ2v) is 6.18. The zero-order valence-corrected chi connectivity index (χ0v) is 16.4. The molecule has 4 nitrogen and oxygen atoms in total. The first-order chi connectivity index (χ1) is 12.1. The summed E-state index contributed by atoms with van der Waals surface area (Å²) in [6, 6.07) is 10.5. The Morgan fingerprint density at radius 1 is 0.920 bits per heavy atom. The van der Waals surface area contributed by atoms with Crippen molar-refractivity contribution in [2.24, 2.45) is 0 Å². The van der Waals surface area contributed by atoms with Gasteiger partial charge in [-0.15, -0.1) is 0 Å². The van der Waals surface area contributed by atoms with Gasteiger partial charge in [0.1, 0.15) is 11.6 Å². The molecule has 0 aliphatic carbocycles. The summed E-state index contributed by atoms with van der Waals surface area (Å²) in [7, 11) is 0. The van der Waals surface area contributed by atoms with E-state index in [9.17, 15) is 0 Å². The van der Waals surface area contributed by atoms with Crippen LogP contribution >= 0.6 is 0 Å². The molecule has 25 heavy (non-hydrogen) atoms. The Morgan fingerprint density at radius 3 is 2.08 bits per heavy atom. The van der Waals surface area contributed by atoms with Crippen molar-refractivity contribution in [3.63, 3.8) is 0 Å². The van der Waals surface area contributed by atoms with Crippen molar-refractivity contribution in [1.82, 2.24) is 19.5 Å². The molecule has 1 N–H and O–H groups in total. The second kappa shape index (κ2) is 11.2. The fourth-order valence-electron chi connectivity index (χ4n) is 2.33. The smallest absolute Gasteiger partial charge is 0.111 e. The van der Waals surface area contributed by atoms with Gasteiger partial charge in [-0.1, -0.05) is 71.9 Å². The maximum Gasteiger partial charge on any atom is 0.111 e. The van der Waals surface area contributed by atoms with Crippen LogP contribution in [0.1, 0.15) is 70.6 Å². The number of rotatable bonds is 4. The molecule has 2 aromatic heterocycles. The molecule has 0 spiro atoms. The minimum absolute atomic E-state index is 0.476. The molecule has 0 aliphatic heterocycles. The molecule has 3 rings (SSSR count). The molecule has 0 bridgehead atoms. The van der Waals surface area contributed by atoms with Crippen LogP contribution in [0.2, 0.25) is 0 Å². The van der Waals surface area contributed by atoms with Crippen molar-refractivity contribution >= 4 is 0 Å². The quantitative estimate of drug-likeness (QED) is 0.670. The SMILES string of the molecule is CC.CC(C)c1ncc[nH]1.CC(C)c1nccn1Cc1ccccc1. The number of hydrogen-bond acceptors (Lipinski definition) is 2. The van der Waals surface area contributed by atoms with Crippen molar-refractivity contribution in [3.8, 4) is 0 Å². The average Bonchev–Trinajstić information content (AvgIpc) is 3.30. The number of benzene rings is 1. The van der Waals surface area contributed by atoms with E-state index in [1.165, 1.54) is 5.56 Å². The zero-order chi connectivity index (χ0) is 18.7. The third-order valence-corrected chi connectivity index (χ3v) is 3.53. The van der Waals surface area contributed by atoms with Crippen LogP contribution in [-0.2, 0) is 6.54 Å². The van der Waals surface area contributed by atoms with Gasteiger partial charge in [0, 0.05) is 43.2 Å². The van der Waals surface area contributed by atoms with Gasteiger partial charge >= 0.3 is 0 Å². The Labute approximate surface area is 152 Å². The van der Waals surface area contributed by atoms with E-state index in [-0.39, 0.29) is 0 Å². The van der Waals surface area contributed by atoms with Gasteiger partial charge in [-0.3, -0.25) is 0 Å². The van der Waals surface area contributed by atoms with Gasteiger partial charge in [-0.05, 0) is 5.56 Å².